The van der Waals surface area contributed by atoms with E-state index in [1.165, 1.54) is 6.07 Å². The summed E-state index contributed by atoms with van der Waals surface area (Å²) in [5, 5.41) is 2.96. The maximum Gasteiger partial charge on any atom is 0.240 e. The molecule has 21 heavy (non-hydrogen) atoms. The number of aryl methyl sites for hydroxylation is 1. The zero-order valence-electron chi connectivity index (χ0n) is 11.5. The van der Waals surface area contributed by atoms with Gasteiger partial charge in [0.25, 0.3) is 0 Å². The Morgan fingerprint density at radius 2 is 1.90 bits per heavy atom. The van der Waals surface area contributed by atoms with Crippen LogP contribution >= 0.6 is 11.6 Å². The summed E-state index contributed by atoms with van der Waals surface area (Å²) in [6, 6.07) is 3.03. The molecule has 1 saturated carbocycles. The van der Waals surface area contributed by atoms with Gasteiger partial charge < -0.3 is 5.32 Å². The van der Waals surface area contributed by atoms with Crippen molar-refractivity contribution in [3.8, 4) is 0 Å². The van der Waals surface area contributed by atoms with Crippen molar-refractivity contribution in [1.82, 2.24) is 4.72 Å². The number of amides is 1. The van der Waals surface area contributed by atoms with Gasteiger partial charge in [-0.25, -0.2) is 13.1 Å². The van der Waals surface area contributed by atoms with Crippen LogP contribution in [-0.2, 0) is 21.2 Å². The van der Waals surface area contributed by atoms with Gasteiger partial charge in [0.05, 0.1) is 15.6 Å². The average molecular weight is 329 g/mol. The first-order valence-corrected chi connectivity index (χ1v) is 8.96. The highest BCUT2D eigenvalue weighted by Crippen LogP contribution is 2.33. The van der Waals surface area contributed by atoms with Crippen LogP contribution in [-0.4, -0.2) is 20.4 Å². The molecule has 3 rings (SSSR count). The number of halogens is 1. The predicted molar refractivity (Wildman–Crippen MR) is 81.0 cm³/mol. The second kappa shape index (κ2) is 5.59. The Kier molecular flexibility index (Phi) is 3.94. The summed E-state index contributed by atoms with van der Waals surface area (Å²) in [4.78, 5) is 11.6. The third-order valence-electron chi connectivity index (χ3n) is 4.02. The molecule has 0 aromatic heterocycles. The molecule has 1 aliphatic heterocycles. The largest absolute Gasteiger partial charge is 0.325 e. The minimum Gasteiger partial charge on any atom is -0.325 e. The Labute approximate surface area is 129 Å². The molecule has 1 fully saturated rings. The van der Waals surface area contributed by atoms with Crippen molar-refractivity contribution >= 4 is 33.2 Å². The third-order valence-corrected chi connectivity index (χ3v) is 5.82. The fourth-order valence-electron chi connectivity index (χ4n) is 2.91. The number of anilines is 1. The first-order valence-electron chi connectivity index (χ1n) is 7.10. The van der Waals surface area contributed by atoms with E-state index in [0.29, 0.717) is 18.5 Å². The minimum atomic E-state index is -3.56. The van der Waals surface area contributed by atoms with E-state index in [4.69, 9.17) is 11.6 Å². The SMILES string of the molecule is O=C1CCc2cc(S(=O)(=O)NC3CCCC3)cc(Cl)c2N1. The summed E-state index contributed by atoms with van der Waals surface area (Å²) >= 11 is 6.13. The quantitative estimate of drug-likeness (QED) is 0.895. The molecule has 0 unspecified atom stereocenters. The van der Waals surface area contributed by atoms with E-state index in [1.54, 1.807) is 6.07 Å². The topological polar surface area (TPSA) is 75.3 Å². The molecule has 0 atom stereocenters. The molecule has 7 heteroatoms. The number of carbonyl (C=O) groups is 1. The molecular weight excluding hydrogens is 312 g/mol. The molecule has 0 radical (unpaired) electrons. The van der Waals surface area contributed by atoms with Gasteiger partial charge in [-0.15, -0.1) is 0 Å². The number of nitrogens with one attached hydrogen (secondary N) is 2. The molecule has 5 nitrogen and oxygen atoms in total. The van der Waals surface area contributed by atoms with Gasteiger partial charge >= 0.3 is 0 Å². The van der Waals surface area contributed by atoms with Crippen LogP contribution in [0.2, 0.25) is 5.02 Å². The van der Waals surface area contributed by atoms with Crippen LogP contribution in [0.5, 0.6) is 0 Å². The lowest BCUT2D eigenvalue weighted by molar-refractivity contribution is -0.116. The van der Waals surface area contributed by atoms with E-state index in [1.807, 2.05) is 0 Å². The number of benzene rings is 1. The van der Waals surface area contributed by atoms with Gasteiger partial charge in [0, 0.05) is 12.5 Å². The molecule has 0 spiro atoms. The van der Waals surface area contributed by atoms with Gasteiger partial charge in [-0.05, 0) is 37.0 Å². The lowest BCUT2D eigenvalue weighted by Crippen LogP contribution is -2.33. The molecule has 1 amide bonds. The van der Waals surface area contributed by atoms with Crippen molar-refractivity contribution in [2.75, 3.05) is 5.32 Å². The lowest BCUT2D eigenvalue weighted by atomic mass is 10.0. The maximum absolute atomic E-state index is 12.4. The minimum absolute atomic E-state index is 0.0181. The van der Waals surface area contributed by atoms with Crippen molar-refractivity contribution in [3.63, 3.8) is 0 Å². The number of hydrogen-bond acceptors (Lipinski definition) is 3. The zero-order valence-corrected chi connectivity index (χ0v) is 13.1. The summed E-state index contributed by atoms with van der Waals surface area (Å²) in [7, 11) is -3.56. The molecular formula is C14H17ClN2O3S. The number of sulfonamides is 1. The zero-order chi connectivity index (χ0) is 15.0. The van der Waals surface area contributed by atoms with Crippen LogP contribution in [0.3, 0.4) is 0 Å². The van der Waals surface area contributed by atoms with Crippen LogP contribution in [0.15, 0.2) is 17.0 Å². The van der Waals surface area contributed by atoms with Crippen molar-refractivity contribution in [1.29, 1.82) is 0 Å². The lowest BCUT2D eigenvalue weighted by Gasteiger charge is -2.20. The Hall–Kier alpha value is -1.11. The van der Waals surface area contributed by atoms with Gasteiger partial charge in [-0.2, -0.15) is 0 Å². The van der Waals surface area contributed by atoms with Gasteiger partial charge in [0.1, 0.15) is 0 Å². The van der Waals surface area contributed by atoms with Crippen LogP contribution < -0.4 is 10.0 Å². The van der Waals surface area contributed by atoms with E-state index >= 15 is 0 Å². The summed E-state index contributed by atoms with van der Waals surface area (Å²) in [6.45, 7) is 0. The predicted octanol–water partition coefficient (Wildman–Crippen LogP) is 2.45. The maximum atomic E-state index is 12.4. The Morgan fingerprint density at radius 1 is 1.19 bits per heavy atom. The Balaban J connectivity index is 1.91. The van der Waals surface area contributed by atoms with Crippen LogP contribution in [0.4, 0.5) is 5.69 Å². The molecule has 1 aliphatic carbocycles. The molecule has 1 aromatic rings. The second-order valence-corrected chi connectivity index (χ2v) is 7.71. The van der Waals surface area contributed by atoms with Crippen molar-refractivity contribution in [3.05, 3.63) is 22.7 Å². The highest BCUT2D eigenvalue weighted by atomic mass is 35.5. The van der Waals surface area contributed by atoms with E-state index in [9.17, 15) is 13.2 Å². The van der Waals surface area contributed by atoms with E-state index in [0.717, 1.165) is 31.2 Å². The number of hydrogen-bond donors (Lipinski definition) is 2. The van der Waals surface area contributed by atoms with Gasteiger partial charge in [-0.3, -0.25) is 4.79 Å². The highest BCUT2D eigenvalue weighted by Gasteiger charge is 2.26. The third kappa shape index (κ3) is 3.07. The first kappa shape index (κ1) is 14.8. The number of fused-ring (bicyclic) bond motifs is 1. The van der Waals surface area contributed by atoms with E-state index in [2.05, 4.69) is 10.0 Å². The second-order valence-electron chi connectivity index (χ2n) is 5.59. The van der Waals surface area contributed by atoms with Crippen molar-refractivity contribution < 1.29 is 13.2 Å². The van der Waals surface area contributed by atoms with Crippen LogP contribution in [0.25, 0.3) is 0 Å². The Morgan fingerprint density at radius 3 is 2.62 bits per heavy atom. The monoisotopic (exact) mass is 328 g/mol. The van der Waals surface area contributed by atoms with Crippen LogP contribution in [0.1, 0.15) is 37.7 Å². The van der Waals surface area contributed by atoms with E-state index < -0.39 is 10.0 Å². The molecule has 0 saturated heterocycles. The normalized spacial score (nSPS) is 19.4. The number of rotatable bonds is 3. The fraction of sp³-hybridized carbons (Fsp3) is 0.500. The van der Waals surface area contributed by atoms with Crippen molar-refractivity contribution in [2.45, 2.75) is 49.5 Å². The summed E-state index contributed by atoms with van der Waals surface area (Å²) < 4.78 is 27.6. The van der Waals surface area contributed by atoms with Crippen molar-refractivity contribution in [2.24, 2.45) is 0 Å². The average Bonchev–Trinajstić information content (AvgIpc) is 2.91. The van der Waals surface area contributed by atoms with E-state index in [-0.39, 0.29) is 21.9 Å². The fourth-order valence-corrected chi connectivity index (χ4v) is 4.64. The van der Waals surface area contributed by atoms with Gasteiger partial charge in [0.15, 0.2) is 0 Å². The number of carbonyl (C=O) groups excluding carboxylic acids is 1. The molecule has 2 N–H and O–H groups in total. The summed E-state index contributed by atoms with van der Waals surface area (Å²) in [5.74, 6) is -0.0934. The molecule has 1 aromatic carbocycles. The molecule has 2 aliphatic rings. The van der Waals surface area contributed by atoms with Gasteiger partial charge in [0.2, 0.25) is 15.9 Å². The summed E-state index contributed by atoms with van der Waals surface area (Å²) in [5.41, 5.74) is 1.31. The van der Waals surface area contributed by atoms with Crippen LogP contribution in [0, 0.1) is 0 Å². The molecule has 114 valence electrons. The standard InChI is InChI=1S/C14H17ClN2O3S/c15-12-8-11(7-9-5-6-13(18)16-14(9)12)21(19,20)17-10-3-1-2-4-10/h7-8,10,17H,1-6H2,(H,16,18). The Bertz CT molecular complexity index is 682. The highest BCUT2D eigenvalue weighted by molar-refractivity contribution is 7.89. The van der Waals surface area contributed by atoms with Gasteiger partial charge in [-0.1, -0.05) is 24.4 Å². The first-order chi connectivity index (χ1) is 9.95. The molecule has 1 heterocycles. The smallest absolute Gasteiger partial charge is 0.240 e. The molecule has 0 bridgehead atoms. The summed E-state index contributed by atoms with van der Waals surface area (Å²) in [6.07, 6.45) is 4.74.